The summed E-state index contributed by atoms with van der Waals surface area (Å²) in [6, 6.07) is 9.06. The molecule has 1 fully saturated rings. The van der Waals surface area contributed by atoms with Crippen molar-refractivity contribution in [1.29, 1.82) is 0 Å². The van der Waals surface area contributed by atoms with Crippen LogP contribution in [0.15, 0.2) is 35.0 Å². The number of hydrogen-bond donors (Lipinski definition) is 0. The monoisotopic (exact) mass is 373 g/mol. The molecule has 1 aliphatic heterocycles. The van der Waals surface area contributed by atoms with E-state index in [1.807, 2.05) is 18.2 Å². The molecule has 2 heterocycles. The first-order chi connectivity index (χ1) is 12.5. The Labute approximate surface area is 154 Å². The fraction of sp³-hybridized carbons (Fsp3) is 0.294. The Bertz CT molecular complexity index is 982. The standard InChI is InChI=1S/C17H16ClN5O3/c1-11-2-3-12(18)10-15(11)22-8-6-21(7-9-22)13-4-5-14(23(24)25)17-16(13)19-26-20-17/h2-5,10H,6-9H2,1H3. The Morgan fingerprint density at radius 1 is 1.04 bits per heavy atom. The zero-order chi connectivity index (χ0) is 18.3. The summed E-state index contributed by atoms with van der Waals surface area (Å²) in [5, 5.41) is 19.4. The van der Waals surface area contributed by atoms with E-state index in [1.165, 1.54) is 11.6 Å². The fourth-order valence-electron chi connectivity index (χ4n) is 3.35. The Kier molecular flexibility index (Phi) is 4.12. The molecule has 3 aromatic rings. The van der Waals surface area contributed by atoms with Gasteiger partial charge in [-0.15, -0.1) is 0 Å². The highest BCUT2D eigenvalue weighted by Gasteiger charge is 2.25. The Balaban J connectivity index is 1.58. The molecule has 26 heavy (non-hydrogen) atoms. The van der Waals surface area contributed by atoms with Gasteiger partial charge in [0.15, 0.2) is 5.52 Å². The average molecular weight is 374 g/mol. The molecule has 0 unspecified atom stereocenters. The molecule has 2 aromatic carbocycles. The molecule has 0 amide bonds. The zero-order valence-electron chi connectivity index (χ0n) is 14.1. The number of piperazine rings is 1. The molecule has 0 atom stereocenters. The molecular formula is C17H16ClN5O3. The lowest BCUT2D eigenvalue weighted by Crippen LogP contribution is -2.46. The van der Waals surface area contributed by atoms with Gasteiger partial charge in [-0.3, -0.25) is 10.1 Å². The summed E-state index contributed by atoms with van der Waals surface area (Å²) >= 11 is 6.14. The van der Waals surface area contributed by atoms with Crippen LogP contribution in [0.5, 0.6) is 0 Å². The number of nitrogens with zero attached hydrogens (tertiary/aromatic N) is 5. The van der Waals surface area contributed by atoms with Crippen molar-refractivity contribution in [2.75, 3.05) is 36.0 Å². The summed E-state index contributed by atoms with van der Waals surface area (Å²) in [5.74, 6) is 0. The van der Waals surface area contributed by atoms with Crippen LogP contribution in [0, 0.1) is 17.0 Å². The normalized spacial score (nSPS) is 14.8. The number of aromatic nitrogens is 2. The van der Waals surface area contributed by atoms with Gasteiger partial charge in [-0.25, -0.2) is 4.63 Å². The molecule has 0 spiro atoms. The maximum atomic E-state index is 11.1. The molecule has 4 rings (SSSR count). The van der Waals surface area contributed by atoms with E-state index in [0.29, 0.717) is 5.52 Å². The summed E-state index contributed by atoms with van der Waals surface area (Å²) < 4.78 is 4.75. The van der Waals surface area contributed by atoms with Crippen LogP contribution in [-0.2, 0) is 0 Å². The summed E-state index contributed by atoms with van der Waals surface area (Å²) in [6.07, 6.45) is 0. The highest BCUT2D eigenvalue weighted by Crippen LogP contribution is 2.32. The summed E-state index contributed by atoms with van der Waals surface area (Å²) in [7, 11) is 0. The van der Waals surface area contributed by atoms with Crippen LogP contribution in [0.2, 0.25) is 5.02 Å². The van der Waals surface area contributed by atoms with Gasteiger partial charge in [-0.1, -0.05) is 17.7 Å². The van der Waals surface area contributed by atoms with Crippen LogP contribution in [-0.4, -0.2) is 41.4 Å². The minimum Gasteiger partial charge on any atom is -0.368 e. The second-order valence-corrected chi connectivity index (χ2v) is 6.66. The number of nitro groups is 1. The van der Waals surface area contributed by atoms with Crippen molar-refractivity contribution >= 4 is 39.7 Å². The zero-order valence-corrected chi connectivity index (χ0v) is 14.8. The van der Waals surface area contributed by atoms with Crippen LogP contribution in [0.3, 0.4) is 0 Å². The molecule has 0 bridgehead atoms. The van der Waals surface area contributed by atoms with E-state index in [-0.39, 0.29) is 11.2 Å². The van der Waals surface area contributed by atoms with E-state index >= 15 is 0 Å². The van der Waals surface area contributed by atoms with Gasteiger partial charge in [0.2, 0.25) is 5.52 Å². The summed E-state index contributed by atoms with van der Waals surface area (Å²) in [6.45, 7) is 5.20. The van der Waals surface area contributed by atoms with Crippen molar-refractivity contribution in [3.8, 4) is 0 Å². The first kappa shape index (κ1) is 16.6. The van der Waals surface area contributed by atoms with E-state index in [1.54, 1.807) is 6.07 Å². The maximum absolute atomic E-state index is 11.1. The van der Waals surface area contributed by atoms with Gasteiger partial charge >= 0.3 is 5.69 Å². The quantitative estimate of drug-likeness (QED) is 0.513. The minimum absolute atomic E-state index is 0.0989. The van der Waals surface area contributed by atoms with Crippen molar-refractivity contribution in [3.63, 3.8) is 0 Å². The third-order valence-electron chi connectivity index (χ3n) is 4.70. The Morgan fingerprint density at radius 3 is 2.38 bits per heavy atom. The number of halogens is 1. The SMILES string of the molecule is Cc1ccc(Cl)cc1N1CCN(c2ccc([N+](=O)[O-])c3nonc23)CC1. The van der Waals surface area contributed by atoms with Gasteiger partial charge in [0.1, 0.15) is 0 Å². The summed E-state index contributed by atoms with van der Waals surface area (Å²) in [5.41, 5.74) is 3.62. The van der Waals surface area contributed by atoms with Gasteiger partial charge in [0.25, 0.3) is 0 Å². The molecule has 8 nitrogen and oxygen atoms in total. The number of hydrogen-bond acceptors (Lipinski definition) is 7. The van der Waals surface area contributed by atoms with Gasteiger partial charge < -0.3 is 9.80 Å². The van der Waals surface area contributed by atoms with E-state index < -0.39 is 4.92 Å². The van der Waals surface area contributed by atoms with Crippen molar-refractivity contribution in [2.24, 2.45) is 0 Å². The molecule has 0 N–H and O–H groups in total. The van der Waals surface area contributed by atoms with Crippen LogP contribution in [0.1, 0.15) is 5.56 Å². The maximum Gasteiger partial charge on any atom is 0.300 e. The van der Waals surface area contributed by atoms with Gasteiger partial charge in [-0.2, -0.15) is 0 Å². The molecule has 0 radical (unpaired) electrons. The molecule has 0 aliphatic carbocycles. The number of anilines is 2. The van der Waals surface area contributed by atoms with Crippen molar-refractivity contribution < 1.29 is 9.55 Å². The highest BCUT2D eigenvalue weighted by molar-refractivity contribution is 6.30. The molecule has 1 aliphatic rings. The van der Waals surface area contributed by atoms with Crippen molar-refractivity contribution in [3.05, 3.63) is 51.0 Å². The first-order valence-corrected chi connectivity index (χ1v) is 8.58. The molecule has 1 aromatic heterocycles. The predicted octanol–water partition coefficient (Wildman–Crippen LogP) is 3.42. The van der Waals surface area contributed by atoms with Crippen molar-refractivity contribution in [1.82, 2.24) is 10.3 Å². The van der Waals surface area contributed by atoms with Crippen LogP contribution in [0.4, 0.5) is 17.1 Å². The lowest BCUT2D eigenvalue weighted by molar-refractivity contribution is -0.383. The number of non-ortho nitro benzene ring substituents is 1. The predicted molar refractivity (Wildman–Crippen MR) is 99.1 cm³/mol. The van der Waals surface area contributed by atoms with Gasteiger partial charge in [0, 0.05) is 43.0 Å². The minimum atomic E-state index is -0.476. The van der Waals surface area contributed by atoms with Gasteiger partial charge in [-0.05, 0) is 41.0 Å². The average Bonchev–Trinajstić information content (AvgIpc) is 3.12. The largest absolute Gasteiger partial charge is 0.368 e. The number of benzene rings is 2. The first-order valence-electron chi connectivity index (χ1n) is 8.20. The van der Waals surface area contributed by atoms with E-state index in [0.717, 1.165) is 42.6 Å². The molecule has 9 heteroatoms. The molecule has 1 saturated heterocycles. The van der Waals surface area contributed by atoms with E-state index in [9.17, 15) is 10.1 Å². The topological polar surface area (TPSA) is 88.5 Å². The van der Waals surface area contributed by atoms with Gasteiger partial charge in [0.05, 0.1) is 10.6 Å². The van der Waals surface area contributed by atoms with E-state index in [2.05, 4.69) is 27.0 Å². The van der Waals surface area contributed by atoms with Crippen molar-refractivity contribution in [2.45, 2.75) is 6.92 Å². The third kappa shape index (κ3) is 2.82. The van der Waals surface area contributed by atoms with Crippen LogP contribution >= 0.6 is 11.6 Å². The fourth-order valence-corrected chi connectivity index (χ4v) is 3.52. The lowest BCUT2D eigenvalue weighted by Gasteiger charge is -2.38. The smallest absolute Gasteiger partial charge is 0.300 e. The third-order valence-corrected chi connectivity index (χ3v) is 4.94. The molecule has 134 valence electrons. The second-order valence-electron chi connectivity index (χ2n) is 6.23. The summed E-state index contributed by atoms with van der Waals surface area (Å²) in [4.78, 5) is 15.1. The molecule has 0 saturated carbocycles. The lowest BCUT2D eigenvalue weighted by atomic mass is 10.1. The van der Waals surface area contributed by atoms with Crippen LogP contribution in [0.25, 0.3) is 11.0 Å². The Hall–Kier alpha value is -2.87. The Morgan fingerprint density at radius 2 is 1.69 bits per heavy atom. The van der Waals surface area contributed by atoms with Crippen LogP contribution < -0.4 is 9.80 Å². The highest BCUT2D eigenvalue weighted by atomic mass is 35.5. The number of nitro benzene ring substituents is 1. The second kappa shape index (κ2) is 6.45. The number of fused-ring (bicyclic) bond motifs is 1. The number of aryl methyl sites for hydroxylation is 1. The van der Waals surface area contributed by atoms with E-state index in [4.69, 9.17) is 16.2 Å². The molecular weight excluding hydrogens is 358 g/mol. The number of rotatable bonds is 3.